The molecule has 1 aliphatic rings. The molecule has 0 saturated heterocycles. The SMILES string of the molecule is Cc1nn(CC(N)=O)c(C)c1-c1cccc(C(=O)N2CCc3ccccc3C2)c1. The molecule has 6 nitrogen and oxygen atoms in total. The molecule has 2 amide bonds. The van der Waals surface area contributed by atoms with Gasteiger partial charge in [0.1, 0.15) is 6.54 Å². The number of carbonyl (C=O) groups is 2. The van der Waals surface area contributed by atoms with Crippen LogP contribution >= 0.6 is 0 Å². The fraction of sp³-hybridized carbons (Fsp3) is 0.261. The normalized spacial score (nSPS) is 13.2. The molecule has 0 aliphatic carbocycles. The van der Waals surface area contributed by atoms with Gasteiger partial charge >= 0.3 is 0 Å². The minimum Gasteiger partial charge on any atom is -0.368 e. The number of amides is 2. The number of hydrogen-bond acceptors (Lipinski definition) is 3. The molecule has 1 aliphatic heterocycles. The maximum atomic E-state index is 13.2. The molecule has 2 aromatic carbocycles. The highest BCUT2D eigenvalue weighted by atomic mass is 16.2. The highest BCUT2D eigenvalue weighted by molar-refractivity contribution is 5.95. The van der Waals surface area contributed by atoms with Crippen LogP contribution in [-0.4, -0.2) is 33.0 Å². The highest BCUT2D eigenvalue weighted by Crippen LogP contribution is 2.28. The molecular formula is C23H24N4O2. The summed E-state index contributed by atoms with van der Waals surface area (Å²) >= 11 is 0. The minimum atomic E-state index is -0.434. The van der Waals surface area contributed by atoms with Gasteiger partial charge in [0.25, 0.3) is 5.91 Å². The third kappa shape index (κ3) is 3.66. The van der Waals surface area contributed by atoms with Crippen LogP contribution in [-0.2, 0) is 24.3 Å². The number of aromatic nitrogens is 2. The Morgan fingerprint density at radius 2 is 1.83 bits per heavy atom. The number of primary amides is 1. The molecule has 0 saturated carbocycles. The fourth-order valence-corrected chi connectivity index (χ4v) is 4.08. The van der Waals surface area contributed by atoms with Crippen LogP contribution in [0.15, 0.2) is 48.5 Å². The first kappa shape index (κ1) is 18.9. The monoisotopic (exact) mass is 388 g/mol. The Kier molecular flexibility index (Phi) is 4.92. The Labute approximate surface area is 169 Å². The molecule has 0 spiro atoms. The molecule has 0 unspecified atom stereocenters. The lowest BCUT2D eigenvalue weighted by Gasteiger charge is -2.29. The first-order valence-corrected chi connectivity index (χ1v) is 9.73. The summed E-state index contributed by atoms with van der Waals surface area (Å²) in [7, 11) is 0. The van der Waals surface area contributed by atoms with Gasteiger partial charge in [0, 0.05) is 29.9 Å². The third-order valence-corrected chi connectivity index (χ3v) is 5.50. The van der Waals surface area contributed by atoms with E-state index in [0.717, 1.165) is 28.9 Å². The summed E-state index contributed by atoms with van der Waals surface area (Å²) in [5.41, 5.74) is 12.0. The second kappa shape index (κ2) is 7.54. The number of carbonyl (C=O) groups excluding carboxylic acids is 2. The van der Waals surface area contributed by atoms with Crippen molar-refractivity contribution in [1.29, 1.82) is 0 Å². The van der Waals surface area contributed by atoms with Crippen LogP contribution in [0.25, 0.3) is 11.1 Å². The molecule has 0 radical (unpaired) electrons. The lowest BCUT2D eigenvalue weighted by Crippen LogP contribution is -2.35. The summed E-state index contributed by atoms with van der Waals surface area (Å²) in [5, 5.41) is 4.44. The van der Waals surface area contributed by atoms with E-state index in [1.165, 1.54) is 11.1 Å². The van der Waals surface area contributed by atoms with Gasteiger partial charge in [0.15, 0.2) is 0 Å². The molecule has 2 N–H and O–H groups in total. The van der Waals surface area contributed by atoms with Crippen LogP contribution in [0.1, 0.15) is 32.9 Å². The Morgan fingerprint density at radius 1 is 1.07 bits per heavy atom. The number of rotatable bonds is 4. The van der Waals surface area contributed by atoms with E-state index in [-0.39, 0.29) is 12.5 Å². The molecule has 148 valence electrons. The van der Waals surface area contributed by atoms with E-state index in [4.69, 9.17) is 5.73 Å². The number of fused-ring (bicyclic) bond motifs is 1. The van der Waals surface area contributed by atoms with E-state index in [1.807, 2.05) is 55.1 Å². The molecule has 2 heterocycles. The summed E-state index contributed by atoms with van der Waals surface area (Å²) in [6.45, 7) is 5.20. The van der Waals surface area contributed by atoms with E-state index in [2.05, 4.69) is 17.2 Å². The Hall–Kier alpha value is -3.41. The van der Waals surface area contributed by atoms with Crippen molar-refractivity contribution in [3.8, 4) is 11.1 Å². The second-order valence-electron chi connectivity index (χ2n) is 7.50. The van der Waals surface area contributed by atoms with Gasteiger partial charge < -0.3 is 10.6 Å². The lowest BCUT2D eigenvalue weighted by molar-refractivity contribution is -0.118. The van der Waals surface area contributed by atoms with Gasteiger partial charge in [-0.1, -0.05) is 36.4 Å². The van der Waals surface area contributed by atoms with Gasteiger partial charge in [0.05, 0.1) is 5.69 Å². The van der Waals surface area contributed by atoms with Crippen LogP contribution in [0.3, 0.4) is 0 Å². The summed E-state index contributed by atoms with van der Waals surface area (Å²) in [4.78, 5) is 26.4. The quantitative estimate of drug-likeness (QED) is 0.746. The van der Waals surface area contributed by atoms with E-state index >= 15 is 0 Å². The van der Waals surface area contributed by atoms with Gasteiger partial charge in [-0.2, -0.15) is 5.10 Å². The summed E-state index contributed by atoms with van der Waals surface area (Å²) < 4.78 is 1.61. The molecule has 0 fully saturated rings. The maximum absolute atomic E-state index is 13.2. The summed E-state index contributed by atoms with van der Waals surface area (Å²) in [6, 6.07) is 15.9. The number of aryl methyl sites for hydroxylation is 1. The van der Waals surface area contributed by atoms with E-state index < -0.39 is 5.91 Å². The summed E-state index contributed by atoms with van der Waals surface area (Å²) in [6.07, 6.45) is 0.875. The largest absolute Gasteiger partial charge is 0.368 e. The average molecular weight is 388 g/mol. The summed E-state index contributed by atoms with van der Waals surface area (Å²) in [5.74, 6) is -0.405. The van der Waals surface area contributed by atoms with E-state index in [0.29, 0.717) is 18.7 Å². The number of benzene rings is 2. The fourth-order valence-electron chi connectivity index (χ4n) is 4.08. The van der Waals surface area contributed by atoms with Crippen molar-refractivity contribution in [2.24, 2.45) is 5.73 Å². The number of nitrogens with two attached hydrogens (primary N) is 1. The number of nitrogens with zero attached hydrogens (tertiary/aromatic N) is 3. The average Bonchev–Trinajstić information content (AvgIpc) is 2.99. The van der Waals surface area contributed by atoms with Crippen molar-refractivity contribution < 1.29 is 9.59 Å². The van der Waals surface area contributed by atoms with Crippen molar-refractivity contribution in [2.75, 3.05) is 6.54 Å². The van der Waals surface area contributed by atoms with Gasteiger partial charge in [-0.25, -0.2) is 0 Å². The smallest absolute Gasteiger partial charge is 0.254 e. The Balaban J connectivity index is 1.62. The highest BCUT2D eigenvalue weighted by Gasteiger charge is 2.22. The first-order chi connectivity index (χ1) is 13.9. The van der Waals surface area contributed by atoms with Crippen molar-refractivity contribution in [2.45, 2.75) is 33.4 Å². The van der Waals surface area contributed by atoms with Crippen LogP contribution < -0.4 is 5.73 Å². The Bertz CT molecular complexity index is 1100. The van der Waals surface area contributed by atoms with E-state index in [1.54, 1.807) is 4.68 Å². The molecule has 0 atom stereocenters. The van der Waals surface area contributed by atoms with Gasteiger partial charge in [-0.15, -0.1) is 0 Å². The zero-order chi connectivity index (χ0) is 20.5. The molecule has 4 rings (SSSR count). The van der Waals surface area contributed by atoms with Crippen molar-refractivity contribution in [3.63, 3.8) is 0 Å². The Morgan fingerprint density at radius 3 is 2.59 bits per heavy atom. The molecule has 1 aromatic heterocycles. The van der Waals surface area contributed by atoms with Crippen molar-refractivity contribution in [1.82, 2.24) is 14.7 Å². The standard InChI is InChI=1S/C23H24N4O2/c1-15-22(16(2)27(25-15)14-21(24)28)18-8-5-9-19(12-18)23(29)26-11-10-17-6-3-4-7-20(17)13-26/h3-9,12H,10-11,13-14H2,1-2H3,(H2,24,28). The molecule has 29 heavy (non-hydrogen) atoms. The zero-order valence-corrected chi connectivity index (χ0v) is 16.7. The van der Waals surface area contributed by atoms with Crippen molar-refractivity contribution >= 4 is 11.8 Å². The predicted octanol–water partition coefficient (Wildman–Crippen LogP) is 2.85. The van der Waals surface area contributed by atoms with Crippen LogP contribution in [0.4, 0.5) is 0 Å². The van der Waals surface area contributed by atoms with Gasteiger partial charge in [-0.05, 0) is 49.1 Å². The van der Waals surface area contributed by atoms with Gasteiger partial charge in [-0.3, -0.25) is 14.3 Å². The topological polar surface area (TPSA) is 81.2 Å². The lowest BCUT2D eigenvalue weighted by atomic mass is 9.98. The number of hydrogen-bond donors (Lipinski definition) is 1. The molecule has 0 bridgehead atoms. The molecule has 6 heteroatoms. The van der Waals surface area contributed by atoms with Crippen molar-refractivity contribution in [3.05, 3.63) is 76.6 Å². The zero-order valence-electron chi connectivity index (χ0n) is 16.7. The second-order valence-corrected chi connectivity index (χ2v) is 7.50. The third-order valence-electron chi connectivity index (χ3n) is 5.50. The molecule has 3 aromatic rings. The molecular weight excluding hydrogens is 364 g/mol. The van der Waals surface area contributed by atoms with Crippen LogP contribution in [0, 0.1) is 13.8 Å². The van der Waals surface area contributed by atoms with Crippen LogP contribution in [0.5, 0.6) is 0 Å². The predicted molar refractivity (Wildman–Crippen MR) is 111 cm³/mol. The van der Waals surface area contributed by atoms with Gasteiger partial charge in [0.2, 0.25) is 5.91 Å². The van der Waals surface area contributed by atoms with Crippen LogP contribution in [0.2, 0.25) is 0 Å². The minimum absolute atomic E-state index is 0.0289. The van der Waals surface area contributed by atoms with E-state index in [9.17, 15) is 9.59 Å². The first-order valence-electron chi connectivity index (χ1n) is 9.73. The maximum Gasteiger partial charge on any atom is 0.254 e.